The van der Waals surface area contributed by atoms with Gasteiger partial charge in [-0.2, -0.15) is 0 Å². The fraction of sp³-hybridized carbons (Fsp3) is 0.438. The molecule has 1 aromatic rings. The minimum atomic E-state index is -0.701. The number of rotatable bonds is 9. The molecule has 0 heterocycles. The molecular weight excluding hydrogens is 336 g/mol. The van der Waals surface area contributed by atoms with E-state index in [1.54, 1.807) is 31.2 Å². The van der Waals surface area contributed by atoms with E-state index in [0.717, 1.165) is 6.42 Å². The molecule has 1 aromatic carbocycles. The van der Waals surface area contributed by atoms with Gasteiger partial charge in [0.05, 0.1) is 0 Å². The third-order valence-electron chi connectivity index (χ3n) is 2.85. The van der Waals surface area contributed by atoms with Crippen LogP contribution in [0.5, 0.6) is 5.75 Å². The van der Waals surface area contributed by atoms with Crippen molar-refractivity contribution in [3.63, 3.8) is 0 Å². The lowest BCUT2D eigenvalue weighted by Crippen LogP contribution is -2.46. The van der Waals surface area contributed by atoms with Crippen LogP contribution < -0.4 is 15.4 Å². The van der Waals surface area contributed by atoms with Crippen LogP contribution >= 0.6 is 11.6 Å². The summed E-state index contributed by atoms with van der Waals surface area (Å²) in [6.07, 6.45) is 0.803. The van der Waals surface area contributed by atoms with Crippen molar-refractivity contribution < 1.29 is 23.9 Å². The minimum Gasteiger partial charge on any atom is -0.482 e. The number of hydrogen-bond acceptors (Lipinski definition) is 5. The normalized spacial score (nSPS) is 11.3. The van der Waals surface area contributed by atoms with Gasteiger partial charge < -0.3 is 20.1 Å². The van der Waals surface area contributed by atoms with E-state index in [-0.39, 0.29) is 12.5 Å². The molecule has 0 spiro atoms. The second-order valence-electron chi connectivity index (χ2n) is 4.98. The molecule has 2 N–H and O–H groups in total. The van der Waals surface area contributed by atoms with E-state index < -0.39 is 24.5 Å². The van der Waals surface area contributed by atoms with Crippen molar-refractivity contribution in [2.45, 2.75) is 26.3 Å². The van der Waals surface area contributed by atoms with Crippen LogP contribution in [0.15, 0.2) is 24.3 Å². The molecule has 7 nitrogen and oxygen atoms in total. The van der Waals surface area contributed by atoms with E-state index in [1.807, 2.05) is 6.92 Å². The lowest BCUT2D eigenvalue weighted by atomic mass is 10.3. The molecule has 24 heavy (non-hydrogen) atoms. The summed E-state index contributed by atoms with van der Waals surface area (Å²) in [6, 6.07) is 5.77. The van der Waals surface area contributed by atoms with Crippen LogP contribution in [0.4, 0.5) is 0 Å². The Morgan fingerprint density at radius 2 is 1.83 bits per heavy atom. The smallest absolute Gasteiger partial charge is 0.344 e. The van der Waals surface area contributed by atoms with Gasteiger partial charge in [0.2, 0.25) is 5.91 Å². The monoisotopic (exact) mass is 356 g/mol. The molecular formula is C16H21ClN2O5. The van der Waals surface area contributed by atoms with Crippen molar-refractivity contribution in [1.82, 2.24) is 10.6 Å². The molecule has 132 valence electrons. The fourth-order valence-corrected chi connectivity index (χ4v) is 1.74. The summed E-state index contributed by atoms with van der Waals surface area (Å²) in [7, 11) is 0. The highest BCUT2D eigenvalue weighted by Gasteiger charge is 2.16. The Balaban J connectivity index is 2.24. The van der Waals surface area contributed by atoms with Crippen LogP contribution in [-0.4, -0.2) is 43.6 Å². The zero-order valence-corrected chi connectivity index (χ0v) is 14.4. The van der Waals surface area contributed by atoms with Gasteiger partial charge in [-0.25, -0.2) is 4.79 Å². The molecule has 2 amide bonds. The zero-order chi connectivity index (χ0) is 17.9. The highest BCUT2D eigenvalue weighted by molar-refractivity contribution is 6.30. The predicted octanol–water partition coefficient (Wildman–Crippen LogP) is 1.29. The molecule has 0 bridgehead atoms. The molecule has 0 radical (unpaired) electrons. The Hall–Kier alpha value is -2.28. The van der Waals surface area contributed by atoms with Crippen molar-refractivity contribution in [2.24, 2.45) is 0 Å². The average molecular weight is 357 g/mol. The first-order valence-corrected chi connectivity index (χ1v) is 7.91. The first kappa shape index (κ1) is 19.8. The summed E-state index contributed by atoms with van der Waals surface area (Å²) in [4.78, 5) is 34.7. The third kappa shape index (κ3) is 7.82. The summed E-state index contributed by atoms with van der Waals surface area (Å²) >= 11 is 5.73. The van der Waals surface area contributed by atoms with Crippen molar-refractivity contribution >= 4 is 29.4 Å². The average Bonchev–Trinajstić information content (AvgIpc) is 2.57. The van der Waals surface area contributed by atoms with Crippen LogP contribution in [0.25, 0.3) is 0 Å². The number of ether oxygens (including phenoxy) is 2. The lowest BCUT2D eigenvalue weighted by Gasteiger charge is -2.14. The SMILES string of the molecule is CCCNC(=O)[C@@H](C)NC(=O)COC(=O)COc1ccc(Cl)cc1. The van der Waals surface area contributed by atoms with Gasteiger partial charge in [-0.05, 0) is 37.6 Å². The Bertz CT molecular complexity index is 562. The zero-order valence-electron chi connectivity index (χ0n) is 13.6. The van der Waals surface area contributed by atoms with Gasteiger partial charge in [0.25, 0.3) is 5.91 Å². The van der Waals surface area contributed by atoms with Gasteiger partial charge in [0.15, 0.2) is 13.2 Å². The second kappa shape index (κ2) is 10.5. The largest absolute Gasteiger partial charge is 0.482 e. The first-order chi connectivity index (χ1) is 11.4. The molecule has 1 rings (SSSR count). The van der Waals surface area contributed by atoms with Crippen LogP contribution in [-0.2, 0) is 19.1 Å². The Labute approximate surface area is 145 Å². The predicted molar refractivity (Wildman–Crippen MR) is 88.8 cm³/mol. The molecule has 1 atom stereocenters. The van der Waals surface area contributed by atoms with Crippen LogP contribution in [0.1, 0.15) is 20.3 Å². The summed E-state index contributed by atoms with van der Waals surface area (Å²) < 4.78 is 9.97. The van der Waals surface area contributed by atoms with Crippen molar-refractivity contribution in [3.8, 4) is 5.75 Å². The van der Waals surface area contributed by atoms with Crippen LogP contribution in [0, 0.1) is 0 Å². The van der Waals surface area contributed by atoms with Gasteiger partial charge in [-0.1, -0.05) is 18.5 Å². The minimum absolute atomic E-state index is 0.289. The molecule has 0 fully saturated rings. The van der Waals surface area contributed by atoms with Gasteiger partial charge in [-0.3, -0.25) is 9.59 Å². The van der Waals surface area contributed by atoms with E-state index >= 15 is 0 Å². The van der Waals surface area contributed by atoms with Crippen molar-refractivity contribution in [2.75, 3.05) is 19.8 Å². The molecule has 0 saturated heterocycles. The maximum atomic E-state index is 11.6. The van der Waals surface area contributed by atoms with E-state index in [9.17, 15) is 14.4 Å². The summed E-state index contributed by atoms with van der Waals surface area (Å²) in [5.74, 6) is -1.08. The molecule has 0 aliphatic heterocycles. The number of halogens is 1. The summed E-state index contributed by atoms with van der Waals surface area (Å²) in [5, 5.41) is 5.65. The third-order valence-corrected chi connectivity index (χ3v) is 3.11. The van der Waals surface area contributed by atoms with E-state index in [2.05, 4.69) is 10.6 Å². The Kier molecular flexibility index (Phi) is 8.64. The van der Waals surface area contributed by atoms with Crippen molar-refractivity contribution in [1.29, 1.82) is 0 Å². The maximum Gasteiger partial charge on any atom is 0.344 e. The highest BCUT2D eigenvalue weighted by atomic mass is 35.5. The molecule has 0 saturated carbocycles. The number of carbonyl (C=O) groups excluding carboxylic acids is 3. The number of amides is 2. The van der Waals surface area contributed by atoms with Gasteiger partial charge in [0, 0.05) is 11.6 Å². The topological polar surface area (TPSA) is 93.7 Å². The molecule has 0 aliphatic carbocycles. The van der Waals surface area contributed by atoms with Gasteiger partial charge in [0.1, 0.15) is 11.8 Å². The maximum absolute atomic E-state index is 11.6. The van der Waals surface area contributed by atoms with Crippen LogP contribution in [0.3, 0.4) is 0 Å². The summed E-state index contributed by atoms with van der Waals surface area (Å²) in [6.45, 7) is 3.20. The van der Waals surface area contributed by atoms with Crippen LogP contribution in [0.2, 0.25) is 5.02 Å². The standard InChI is InChI=1S/C16H21ClN2O5/c1-3-8-18-16(22)11(2)19-14(20)9-24-15(21)10-23-13-6-4-12(17)5-7-13/h4-7,11H,3,8-10H2,1-2H3,(H,18,22)(H,19,20)/t11-/m1/s1. The van der Waals surface area contributed by atoms with Gasteiger partial charge in [-0.15, -0.1) is 0 Å². The molecule has 0 aliphatic rings. The highest BCUT2D eigenvalue weighted by Crippen LogP contribution is 2.15. The number of esters is 1. The Morgan fingerprint density at radius 1 is 1.17 bits per heavy atom. The van der Waals surface area contributed by atoms with E-state index in [4.69, 9.17) is 21.1 Å². The first-order valence-electron chi connectivity index (χ1n) is 7.53. The van der Waals surface area contributed by atoms with Gasteiger partial charge >= 0.3 is 5.97 Å². The quantitative estimate of drug-likeness (QED) is 0.650. The Morgan fingerprint density at radius 3 is 2.46 bits per heavy atom. The number of hydrogen-bond donors (Lipinski definition) is 2. The molecule has 0 aromatic heterocycles. The van der Waals surface area contributed by atoms with Crippen molar-refractivity contribution in [3.05, 3.63) is 29.3 Å². The van der Waals surface area contributed by atoms with E-state index in [0.29, 0.717) is 17.3 Å². The second-order valence-corrected chi connectivity index (χ2v) is 5.42. The number of nitrogens with one attached hydrogen (secondary N) is 2. The van der Waals surface area contributed by atoms with E-state index in [1.165, 1.54) is 0 Å². The number of carbonyl (C=O) groups is 3. The summed E-state index contributed by atoms with van der Waals surface area (Å²) in [5.41, 5.74) is 0. The molecule has 0 unspecified atom stereocenters. The lowest BCUT2D eigenvalue weighted by molar-refractivity contribution is -0.150. The fourth-order valence-electron chi connectivity index (χ4n) is 1.61. The molecule has 8 heteroatoms. The number of benzene rings is 1.